The van der Waals surface area contributed by atoms with Gasteiger partial charge in [0, 0.05) is 12.1 Å². The molecule has 1 aromatic rings. The van der Waals surface area contributed by atoms with Crippen LogP contribution >= 0.6 is 11.8 Å². The van der Waals surface area contributed by atoms with E-state index in [1.807, 2.05) is 0 Å². The Balaban J connectivity index is 2.81. The first-order valence-corrected chi connectivity index (χ1v) is 3.29. The summed E-state index contributed by atoms with van der Waals surface area (Å²) in [4.78, 5) is 2.36. The molecule has 0 aliphatic rings. The van der Waals surface area contributed by atoms with Gasteiger partial charge in [0.2, 0.25) is 0 Å². The minimum atomic E-state index is -0.226. The van der Waals surface area contributed by atoms with Crippen molar-refractivity contribution in [2.24, 2.45) is 0 Å². The Labute approximate surface area is 63.9 Å². The van der Waals surface area contributed by atoms with Gasteiger partial charge in [-0.2, -0.15) is 0 Å². The molecule has 0 aliphatic heterocycles. The maximum Gasteiger partial charge on any atom is 0.127 e. The van der Waals surface area contributed by atoms with Crippen molar-refractivity contribution in [3.8, 4) is 0 Å². The molecule has 1 nitrogen and oxygen atoms in total. The Morgan fingerprint density at radius 1 is 1.40 bits per heavy atom. The summed E-state index contributed by atoms with van der Waals surface area (Å²) < 4.78 is 12.7. The fourth-order valence-electron chi connectivity index (χ4n) is 0.714. The molecule has 0 saturated carbocycles. The molecule has 1 aromatic carbocycles. The molecule has 0 aliphatic carbocycles. The lowest BCUT2D eigenvalue weighted by atomic mass is 10.2. The van der Waals surface area contributed by atoms with Crippen LogP contribution in [0, 0.1) is 5.82 Å². The van der Waals surface area contributed by atoms with E-state index in [9.17, 15) is 4.39 Å². The van der Waals surface area contributed by atoms with Gasteiger partial charge in [0.05, 0.1) is 0 Å². The van der Waals surface area contributed by atoms with Crippen LogP contribution in [-0.2, 0) is 6.54 Å². The van der Waals surface area contributed by atoms with Gasteiger partial charge in [0.15, 0.2) is 0 Å². The van der Waals surface area contributed by atoms with Gasteiger partial charge < -0.3 is 0 Å². The van der Waals surface area contributed by atoms with Gasteiger partial charge in [-0.1, -0.05) is 18.2 Å². The van der Waals surface area contributed by atoms with Crippen molar-refractivity contribution in [1.82, 2.24) is 4.84 Å². The van der Waals surface area contributed by atoms with Crippen molar-refractivity contribution in [3.63, 3.8) is 0 Å². The van der Waals surface area contributed by atoms with Crippen molar-refractivity contribution in [1.29, 1.82) is 0 Å². The molecule has 0 amide bonds. The molecule has 0 fully saturated rings. The van der Waals surface area contributed by atoms with Crippen molar-refractivity contribution in [2.75, 3.05) is 0 Å². The minimum Gasteiger partial charge on any atom is -0.229 e. The van der Waals surface area contributed by atoms with E-state index >= 15 is 0 Å². The zero-order chi connectivity index (χ0) is 7.40. The second-order valence-electron chi connectivity index (χ2n) is 1.90. The van der Waals surface area contributed by atoms with Crippen LogP contribution in [0.25, 0.3) is 0 Å². The Morgan fingerprint density at radius 3 is 2.70 bits per heavy atom. The van der Waals surface area contributed by atoms with Crippen LogP contribution in [0.4, 0.5) is 4.39 Å². The summed E-state index contributed by atoms with van der Waals surface area (Å²) in [6.45, 7) is 0.355. The van der Waals surface area contributed by atoms with Gasteiger partial charge >= 0.3 is 0 Å². The second kappa shape index (κ2) is 3.54. The number of benzene rings is 1. The summed E-state index contributed by atoms with van der Waals surface area (Å²) >= 11 is 5.19. The fraction of sp³-hybridized carbons (Fsp3) is 0.143. The summed E-state index contributed by atoms with van der Waals surface area (Å²) in [6.07, 6.45) is 0. The SMILES string of the molecule is Fc1ccccc1CNCl. The molecule has 0 saturated heterocycles. The highest BCUT2D eigenvalue weighted by molar-refractivity contribution is 6.13. The molecule has 0 spiro atoms. The lowest BCUT2D eigenvalue weighted by molar-refractivity contribution is 0.607. The predicted octanol–water partition coefficient (Wildman–Crippen LogP) is 2.07. The summed E-state index contributed by atoms with van der Waals surface area (Å²) in [5.41, 5.74) is 0.581. The van der Waals surface area contributed by atoms with Crippen molar-refractivity contribution >= 4 is 11.8 Å². The van der Waals surface area contributed by atoms with Crippen molar-refractivity contribution in [2.45, 2.75) is 6.54 Å². The molecule has 54 valence electrons. The van der Waals surface area contributed by atoms with Gasteiger partial charge in [-0.05, 0) is 17.8 Å². The standard InChI is InChI=1S/C7H7ClFN/c8-10-5-6-3-1-2-4-7(6)9/h1-4,10H,5H2. The first-order valence-electron chi connectivity index (χ1n) is 2.91. The zero-order valence-corrected chi connectivity index (χ0v) is 6.03. The zero-order valence-electron chi connectivity index (χ0n) is 5.27. The minimum absolute atomic E-state index is 0.226. The van der Waals surface area contributed by atoms with Gasteiger partial charge in [-0.25, -0.2) is 9.23 Å². The molecule has 0 heterocycles. The third-order valence-corrected chi connectivity index (χ3v) is 1.35. The Bertz CT molecular complexity index is 215. The number of hydrogen-bond acceptors (Lipinski definition) is 1. The Kier molecular flexibility index (Phi) is 2.66. The number of rotatable bonds is 2. The van der Waals surface area contributed by atoms with E-state index in [0.29, 0.717) is 12.1 Å². The number of hydrogen-bond donors (Lipinski definition) is 1. The molecule has 3 heteroatoms. The normalized spacial score (nSPS) is 9.80. The quantitative estimate of drug-likeness (QED) is 0.652. The molecule has 0 radical (unpaired) electrons. The van der Waals surface area contributed by atoms with Gasteiger partial charge in [0.1, 0.15) is 5.82 Å². The maximum absolute atomic E-state index is 12.7. The summed E-state index contributed by atoms with van der Waals surface area (Å²) in [6, 6.07) is 6.51. The molecule has 1 N–H and O–H groups in total. The third-order valence-electron chi connectivity index (χ3n) is 1.22. The van der Waals surface area contributed by atoms with Gasteiger partial charge in [-0.15, -0.1) is 0 Å². The van der Waals surface area contributed by atoms with Crippen LogP contribution in [0.1, 0.15) is 5.56 Å². The molecule has 0 atom stereocenters. The monoisotopic (exact) mass is 159 g/mol. The summed E-state index contributed by atoms with van der Waals surface area (Å²) in [7, 11) is 0. The smallest absolute Gasteiger partial charge is 0.127 e. The van der Waals surface area contributed by atoms with Crippen molar-refractivity contribution < 1.29 is 4.39 Å². The van der Waals surface area contributed by atoms with Gasteiger partial charge in [-0.3, -0.25) is 0 Å². The van der Waals surface area contributed by atoms with Crippen LogP contribution in [0.5, 0.6) is 0 Å². The van der Waals surface area contributed by atoms with Crippen LogP contribution in [-0.4, -0.2) is 0 Å². The van der Waals surface area contributed by atoms with Crippen LogP contribution in [0.15, 0.2) is 24.3 Å². The van der Waals surface area contributed by atoms with E-state index < -0.39 is 0 Å². The lowest BCUT2D eigenvalue weighted by Gasteiger charge is -1.97. The molecule has 10 heavy (non-hydrogen) atoms. The first kappa shape index (κ1) is 7.51. The van der Waals surface area contributed by atoms with E-state index in [1.54, 1.807) is 18.2 Å². The summed E-state index contributed by atoms with van der Waals surface area (Å²) in [5.74, 6) is -0.226. The third kappa shape index (κ3) is 1.69. The molecule has 1 rings (SSSR count). The highest BCUT2D eigenvalue weighted by Crippen LogP contribution is 2.05. The number of nitrogens with one attached hydrogen (secondary N) is 1. The number of halogens is 2. The average Bonchev–Trinajstić information content (AvgIpc) is 1.94. The topological polar surface area (TPSA) is 12.0 Å². The summed E-state index contributed by atoms with van der Waals surface area (Å²) in [5, 5.41) is 0. The highest BCUT2D eigenvalue weighted by Gasteiger charge is 1.96. The molecule has 0 unspecified atom stereocenters. The largest absolute Gasteiger partial charge is 0.229 e. The lowest BCUT2D eigenvalue weighted by Crippen LogP contribution is -2.00. The van der Waals surface area contributed by atoms with Gasteiger partial charge in [0.25, 0.3) is 0 Å². The molecular formula is C7H7ClFN. The van der Waals surface area contributed by atoms with Crippen molar-refractivity contribution in [3.05, 3.63) is 35.6 Å². The first-order chi connectivity index (χ1) is 4.84. The fourth-order valence-corrected chi connectivity index (χ4v) is 0.858. The Morgan fingerprint density at radius 2 is 2.10 bits per heavy atom. The predicted molar refractivity (Wildman–Crippen MR) is 39.1 cm³/mol. The molecule has 0 aromatic heterocycles. The van der Waals surface area contributed by atoms with E-state index in [1.165, 1.54) is 6.07 Å². The van der Waals surface area contributed by atoms with E-state index in [-0.39, 0.29) is 5.82 Å². The molecular weight excluding hydrogens is 153 g/mol. The maximum atomic E-state index is 12.7. The highest BCUT2D eigenvalue weighted by atomic mass is 35.5. The van der Waals surface area contributed by atoms with E-state index in [4.69, 9.17) is 11.8 Å². The average molecular weight is 160 g/mol. The van der Waals surface area contributed by atoms with Crippen LogP contribution in [0.3, 0.4) is 0 Å². The van der Waals surface area contributed by atoms with Crippen LogP contribution < -0.4 is 4.84 Å². The van der Waals surface area contributed by atoms with E-state index in [2.05, 4.69) is 4.84 Å². The van der Waals surface area contributed by atoms with E-state index in [0.717, 1.165) is 0 Å². The molecule has 0 bridgehead atoms. The van der Waals surface area contributed by atoms with Crippen LogP contribution in [0.2, 0.25) is 0 Å². The second-order valence-corrected chi connectivity index (χ2v) is 2.17. The Hall–Kier alpha value is -0.600.